The van der Waals surface area contributed by atoms with E-state index in [0.717, 1.165) is 10.9 Å². The van der Waals surface area contributed by atoms with E-state index in [0.29, 0.717) is 11.3 Å². The Morgan fingerprint density at radius 1 is 1.29 bits per heavy atom. The van der Waals surface area contributed by atoms with Crippen molar-refractivity contribution in [2.75, 3.05) is 5.32 Å². The molecule has 0 saturated carbocycles. The van der Waals surface area contributed by atoms with E-state index in [9.17, 15) is 9.59 Å². The van der Waals surface area contributed by atoms with Crippen LogP contribution < -0.4 is 16.7 Å². The maximum absolute atomic E-state index is 12.3. The summed E-state index contributed by atoms with van der Waals surface area (Å²) in [6.07, 6.45) is -0.439. The highest BCUT2D eigenvalue weighted by molar-refractivity contribution is 5.97. The number of hydrogen-bond acceptors (Lipinski definition) is 5. The molecule has 0 saturated heterocycles. The van der Waals surface area contributed by atoms with Gasteiger partial charge in [0.1, 0.15) is 11.6 Å². The highest BCUT2D eigenvalue weighted by Crippen LogP contribution is 2.21. The van der Waals surface area contributed by atoms with E-state index >= 15 is 0 Å². The van der Waals surface area contributed by atoms with Gasteiger partial charge in [-0.25, -0.2) is 4.79 Å². The Morgan fingerprint density at radius 3 is 2.58 bits per heavy atom. The molecule has 0 aliphatic carbocycles. The smallest absolute Gasteiger partial charge is 0.336 e. The number of nitrogens with two attached hydrogens (primary N) is 1. The number of nitrogens with one attached hydrogen (secondary N) is 1. The van der Waals surface area contributed by atoms with E-state index in [2.05, 4.69) is 5.32 Å². The molecule has 6 nitrogen and oxygen atoms in total. The SMILES string of the molecule is Cc1cc(=O)oc2cc(NC(=O)[C@@H](N)C(C)OC(C)(C)C)ccc12. The summed E-state index contributed by atoms with van der Waals surface area (Å²) in [6.45, 7) is 9.31. The van der Waals surface area contributed by atoms with Crippen LogP contribution in [0.3, 0.4) is 0 Å². The minimum atomic E-state index is -0.815. The molecule has 1 unspecified atom stereocenters. The van der Waals surface area contributed by atoms with Gasteiger partial charge in [0.25, 0.3) is 0 Å². The molecular weight excluding hydrogens is 308 g/mol. The Hall–Kier alpha value is -2.18. The van der Waals surface area contributed by atoms with Gasteiger partial charge < -0.3 is 20.2 Å². The van der Waals surface area contributed by atoms with Crippen molar-refractivity contribution in [1.82, 2.24) is 0 Å². The van der Waals surface area contributed by atoms with E-state index in [1.165, 1.54) is 6.07 Å². The van der Waals surface area contributed by atoms with Crippen molar-refractivity contribution < 1.29 is 13.9 Å². The maximum atomic E-state index is 12.3. The largest absolute Gasteiger partial charge is 0.423 e. The third kappa shape index (κ3) is 4.43. The molecule has 0 spiro atoms. The van der Waals surface area contributed by atoms with Crippen molar-refractivity contribution in [1.29, 1.82) is 0 Å². The zero-order valence-electron chi connectivity index (χ0n) is 14.7. The van der Waals surface area contributed by atoms with Crippen molar-refractivity contribution in [3.8, 4) is 0 Å². The number of ether oxygens (including phenoxy) is 1. The minimum Gasteiger partial charge on any atom is -0.423 e. The van der Waals surface area contributed by atoms with Crippen LogP contribution in [0.4, 0.5) is 5.69 Å². The van der Waals surface area contributed by atoms with E-state index < -0.39 is 17.8 Å². The van der Waals surface area contributed by atoms with Crippen molar-refractivity contribution in [2.45, 2.75) is 52.4 Å². The van der Waals surface area contributed by atoms with Gasteiger partial charge in [-0.15, -0.1) is 0 Å². The van der Waals surface area contributed by atoms with Crippen LogP contribution >= 0.6 is 0 Å². The fraction of sp³-hybridized carbons (Fsp3) is 0.444. The lowest BCUT2D eigenvalue weighted by Crippen LogP contribution is -2.47. The number of carbonyl (C=O) groups is 1. The molecule has 2 aromatic rings. The second-order valence-electron chi connectivity index (χ2n) is 6.91. The third-order valence-corrected chi connectivity index (χ3v) is 3.57. The maximum Gasteiger partial charge on any atom is 0.336 e. The van der Waals surface area contributed by atoms with Crippen molar-refractivity contribution in [2.24, 2.45) is 5.73 Å². The molecule has 0 bridgehead atoms. The molecule has 1 aromatic carbocycles. The summed E-state index contributed by atoms with van der Waals surface area (Å²) in [5.74, 6) is -0.360. The van der Waals surface area contributed by atoms with Gasteiger partial charge in [0.15, 0.2) is 0 Å². The normalized spacial score (nSPS) is 14.4. The average molecular weight is 332 g/mol. The zero-order valence-corrected chi connectivity index (χ0v) is 14.7. The van der Waals surface area contributed by atoms with Gasteiger partial charge >= 0.3 is 5.63 Å². The van der Waals surface area contributed by atoms with Gasteiger partial charge in [-0.05, 0) is 52.3 Å². The number of carbonyl (C=O) groups excluding carboxylic acids is 1. The lowest BCUT2D eigenvalue weighted by Gasteiger charge is -2.28. The molecule has 1 heterocycles. The number of fused-ring (bicyclic) bond motifs is 1. The lowest BCUT2D eigenvalue weighted by atomic mass is 10.1. The summed E-state index contributed by atoms with van der Waals surface area (Å²) in [4.78, 5) is 23.8. The number of amides is 1. The minimum absolute atomic E-state index is 0.360. The third-order valence-electron chi connectivity index (χ3n) is 3.57. The van der Waals surface area contributed by atoms with Gasteiger partial charge in [-0.2, -0.15) is 0 Å². The first kappa shape index (κ1) is 18.2. The molecule has 0 radical (unpaired) electrons. The highest BCUT2D eigenvalue weighted by Gasteiger charge is 2.26. The van der Waals surface area contributed by atoms with Gasteiger partial charge in [0.05, 0.1) is 11.7 Å². The molecule has 3 N–H and O–H groups in total. The first-order valence-corrected chi connectivity index (χ1v) is 7.85. The van der Waals surface area contributed by atoms with Crippen LogP contribution in [0.15, 0.2) is 33.5 Å². The van der Waals surface area contributed by atoms with Crippen molar-refractivity contribution in [3.63, 3.8) is 0 Å². The monoisotopic (exact) mass is 332 g/mol. The molecule has 1 amide bonds. The molecule has 0 aliphatic heterocycles. The Bertz CT molecular complexity index is 805. The van der Waals surface area contributed by atoms with Crippen LogP contribution in [0.1, 0.15) is 33.3 Å². The van der Waals surface area contributed by atoms with E-state index in [4.69, 9.17) is 14.9 Å². The summed E-state index contributed by atoms with van der Waals surface area (Å²) in [6, 6.07) is 5.77. The van der Waals surface area contributed by atoms with Crippen LogP contribution in [0.2, 0.25) is 0 Å². The number of benzene rings is 1. The predicted molar refractivity (Wildman–Crippen MR) is 94.1 cm³/mol. The quantitative estimate of drug-likeness (QED) is 0.839. The summed E-state index contributed by atoms with van der Waals surface area (Å²) in [5, 5.41) is 3.55. The topological polar surface area (TPSA) is 94.6 Å². The van der Waals surface area contributed by atoms with Crippen LogP contribution in [0.25, 0.3) is 11.0 Å². The number of rotatable bonds is 4. The molecule has 2 atom stereocenters. The second-order valence-corrected chi connectivity index (χ2v) is 6.91. The highest BCUT2D eigenvalue weighted by atomic mass is 16.5. The molecule has 0 fully saturated rings. The van der Waals surface area contributed by atoms with Crippen molar-refractivity contribution >= 4 is 22.6 Å². The summed E-state index contributed by atoms with van der Waals surface area (Å²) >= 11 is 0. The second kappa shape index (κ2) is 6.75. The van der Waals surface area contributed by atoms with E-state index in [1.807, 2.05) is 27.7 Å². The van der Waals surface area contributed by atoms with Crippen LogP contribution in [-0.4, -0.2) is 23.7 Å². The van der Waals surface area contributed by atoms with Gasteiger partial charge in [-0.3, -0.25) is 4.79 Å². The number of anilines is 1. The summed E-state index contributed by atoms with van der Waals surface area (Å²) < 4.78 is 10.9. The van der Waals surface area contributed by atoms with Crippen LogP contribution in [-0.2, 0) is 9.53 Å². The average Bonchev–Trinajstić information content (AvgIpc) is 2.43. The van der Waals surface area contributed by atoms with Crippen molar-refractivity contribution in [3.05, 3.63) is 40.2 Å². The Morgan fingerprint density at radius 2 is 1.96 bits per heavy atom. The molecule has 2 rings (SSSR count). The Balaban J connectivity index is 2.17. The van der Waals surface area contributed by atoms with Gasteiger partial charge in [0.2, 0.25) is 5.91 Å². The molecule has 1 aromatic heterocycles. The summed E-state index contributed by atoms with van der Waals surface area (Å²) in [5.41, 5.74) is 6.91. The molecule has 6 heteroatoms. The Kier molecular flexibility index (Phi) is 5.11. The standard InChI is InChI=1S/C18H24N2O4/c1-10-8-15(21)23-14-9-12(6-7-13(10)14)20-17(22)16(19)11(2)24-18(3,4)5/h6-9,11,16H,19H2,1-5H3,(H,20,22)/t11?,16-/m0/s1. The Labute approximate surface area is 141 Å². The molecular formula is C18H24N2O4. The molecule has 130 valence electrons. The van der Waals surface area contributed by atoms with Crippen LogP contribution in [0, 0.1) is 6.92 Å². The fourth-order valence-corrected chi connectivity index (χ4v) is 2.47. The first-order valence-electron chi connectivity index (χ1n) is 7.85. The van der Waals surface area contributed by atoms with E-state index in [-0.39, 0.29) is 11.5 Å². The lowest BCUT2D eigenvalue weighted by molar-refractivity contribution is -0.124. The number of aryl methyl sites for hydroxylation is 1. The molecule has 0 aliphatic rings. The predicted octanol–water partition coefficient (Wildman–Crippen LogP) is 2.57. The van der Waals surface area contributed by atoms with Gasteiger partial charge in [0, 0.05) is 23.2 Å². The first-order chi connectivity index (χ1) is 11.1. The van der Waals surface area contributed by atoms with E-state index in [1.54, 1.807) is 25.1 Å². The molecule has 24 heavy (non-hydrogen) atoms. The summed E-state index contributed by atoms with van der Waals surface area (Å²) in [7, 11) is 0. The zero-order chi connectivity index (χ0) is 18.1. The fourth-order valence-electron chi connectivity index (χ4n) is 2.47. The number of hydrogen-bond donors (Lipinski definition) is 2. The van der Waals surface area contributed by atoms with Crippen LogP contribution in [0.5, 0.6) is 0 Å². The van der Waals surface area contributed by atoms with Gasteiger partial charge in [-0.1, -0.05) is 0 Å².